The topological polar surface area (TPSA) is 63.8 Å². The van der Waals surface area contributed by atoms with E-state index in [0.29, 0.717) is 12.2 Å². The molecule has 2 heterocycles. The largest absolute Gasteiger partial charge is 0.390 e. The Bertz CT molecular complexity index is 974. The summed E-state index contributed by atoms with van der Waals surface area (Å²) in [5.41, 5.74) is 3.51. The third-order valence-electron chi connectivity index (χ3n) is 4.11. The van der Waals surface area contributed by atoms with Gasteiger partial charge < -0.3 is 5.11 Å². The molecule has 1 N–H and O–H groups in total. The Kier molecular flexibility index (Phi) is 3.76. The molecule has 0 atom stereocenters. The minimum absolute atomic E-state index is 0.146. The quantitative estimate of drug-likeness (QED) is 0.628. The Morgan fingerprint density at radius 2 is 1.71 bits per heavy atom. The van der Waals surface area contributed by atoms with E-state index >= 15 is 0 Å². The Labute approximate surface area is 139 Å². The van der Waals surface area contributed by atoms with Crippen LogP contribution in [0.2, 0.25) is 0 Å². The van der Waals surface area contributed by atoms with Crippen molar-refractivity contribution < 1.29 is 5.11 Å². The summed E-state index contributed by atoms with van der Waals surface area (Å²) >= 11 is 0. The van der Waals surface area contributed by atoms with Crippen molar-refractivity contribution >= 4 is 10.8 Å². The molecule has 0 saturated heterocycles. The molecule has 0 spiro atoms. The molecule has 0 fully saturated rings. The number of nitrogens with zero attached hydrogens (tertiary/aromatic N) is 4. The number of hydrogen-bond acceptors (Lipinski definition) is 4. The zero-order valence-corrected chi connectivity index (χ0v) is 13.0. The molecule has 0 amide bonds. The third-order valence-corrected chi connectivity index (χ3v) is 4.11. The summed E-state index contributed by atoms with van der Waals surface area (Å²) in [6.45, 7) is 0.444. The minimum Gasteiger partial charge on any atom is -0.390 e. The van der Waals surface area contributed by atoms with Crippen molar-refractivity contribution in [1.82, 2.24) is 20.0 Å². The molecule has 4 rings (SSSR count). The second-order valence-corrected chi connectivity index (χ2v) is 5.57. The molecule has 0 unspecified atom stereocenters. The van der Waals surface area contributed by atoms with Crippen LogP contribution in [0, 0.1) is 0 Å². The Balaban J connectivity index is 1.82. The van der Waals surface area contributed by atoms with E-state index in [9.17, 15) is 5.11 Å². The zero-order valence-electron chi connectivity index (χ0n) is 13.0. The summed E-state index contributed by atoms with van der Waals surface area (Å²) in [7, 11) is 0. The number of aliphatic hydroxyl groups excluding tert-OH is 1. The molecule has 0 radical (unpaired) electrons. The molecular weight excluding hydrogens is 300 g/mol. The van der Waals surface area contributed by atoms with Crippen molar-refractivity contribution in [3.63, 3.8) is 0 Å². The van der Waals surface area contributed by atoms with Gasteiger partial charge in [-0.1, -0.05) is 47.7 Å². The smallest absolute Gasteiger partial charge is 0.116 e. The van der Waals surface area contributed by atoms with E-state index in [1.807, 2.05) is 35.0 Å². The molecule has 0 aliphatic carbocycles. The van der Waals surface area contributed by atoms with E-state index in [2.05, 4.69) is 39.6 Å². The molecule has 0 aliphatic rings. The fraction of sp³-hybridized carbons (Fsp3) is 0.105. The Morgan fingerprint density at radius 3 is 2.54 bits per heavy atom. The van der Waals surface area contributed by atoms with Gasteiger partial charge in [0, 0.05) is 18.0 Å². The first-order valence-electron chi connectivity index (χ1n) is 7.77. The summed E-state index contributed by atoms with van der Waals surface area (Å²) < 4.78 is 1.84. The molecule has 2 aromatic heterocycles. The molecule has 0 aliphatic heterocycles. The van der Waals surface area contributed by atoms with Crippen LogP contribution >= 0.6 is 0 Å². The Hall–Kier alpha value is -3.05. The van der Waals surface area contributed by atoms with E-state index in [1.165, 1.54) is 10.8 Å². The SMILES string of the molecule is OCc1nnn(Cc2cccc3ccccc23)c1-c1ccncc1. The van der Waals surface area contributed by atoms with E-state index < -0.39 is 0 Å². The van der Waals surface area contributed by atoms with Crippen molar-refractivity contribution in [3.8, 4) is 11.3 Å². The van der Waals surface area contributed by atoms with Crippen molar-refractivity contribution in [3.05, 3.63) is 78.2 Å². The lowest BCUT2D eigenvalue weighted by Crippen LogP contribution is -2.05. The second kappa shape index (κ2) is 6.22. The maximum absolute atomic E-state index is 9.60. The average Bonchev–Trinajstić information content (AvgIpc) is 3.05. The lowest BCUT2D eigenvalue weighted by atomic mass is 10.0. The number of benzene rings is 2. The maximum atomic E-state index is 9.60. The van der Waals surface area contributed by atoms with Gasteiger partial charge in [-0.3, -0.25) is 4.98 Å². The molecule has 5 heteroatoms. The normalized spacial score (nSPS) is 11.0. The van der Waals surface area contributed by atoms with Crippen molar-refractivity contribution in [1.29, 1.82) is 0 Å². The van der Waals surface area contributed by atoms with Gasteiger partial charge in [0.05, 0.1) is 18.8 Å². The maximum Gasteiger partial charge on any atom is 0.116 e. The number of aliphatic hydroxyl groups is 1. The van der Waals surface area contributed by atoms with E-state index in [4.69, 9.17) is 0 Å². The summed E-state index contributed by atoms with van der Waals surface area (Å²) in [6.07, 6.45) is 3.46. The van der Waals surface area contributed by atoms with Gasteiger partial charge in [0.1, 0.15) is 5.69 Å². The molecule has 118 valence electrons. The van der Waals surface area contributed by atoms with Crippen LogP contribution in [0.4, 0.5) is 0 Å². The van der Waals surface area contributed by atoms with Crippen LogP contribution in [0.3, 0.4) is 0 Å². The van der Waals surface area contributed by atoms with Gasteiger partial charge in [-0.25, -0.2) is 4.68 Å². The molecule has 0 bridgehead atoms. The predicted octanol–water partition coefficient (Wildman–Crippen LogP) is 3.03. The second-order valence-electron chi connectivity index (χ2n) is 5.57. The summed E-state index contributed by atoms with van der Waals surface area (Å²) in [5, 5.41) is 20.4. The number of pyridine rings is 1. The van der Waals surface area contributed by atoms with Crippen LogP contribution in [0.15, 0.2) is 67.0 Å². The van der Waals surface area contributed by atoms with Crippen LogP contribution in [-0.4, -0.2) is 25.1 Å². The highest BCUT2D eigenvalue weighted by atomic mass is 16.3. The standard InChI is InChI=1S/C19H16N4O/c24-13-18-19(15-8-10-20-11-9-15)23(22-21-18)12-16-6-3-5-14-4-1-2-7-17(14)16/h1-11,24H,12-13H2. The summed E-state index contributed by atoms with van der Waals surface area (Å²) in [5.74, 6) is 0. The van der Waals surface area contributed by atoms with Gasteiger partial charge >= 0.3 is 0 Å². The zero-order chi connectivity index (χ0) is 16.4. The lowest BCUT2D eigenvalue weighted by Gasteiger charge is -2.10. The van der Waals surface area contributed by atoms with Gasteiger partial charge in [0.2, 0.25) is 0 Å². The molecule has 5 nitrogen and oxygen atoms in total. The number of fused-ring (bicyclic) bond motifs is 1. The number of aromatic nitrogens is 4. The third kappa shape index (κ3) is 2.55. The molecule has 24 heavy (non-hydrogen) atoms. The van der Waals surface area contributed by atoms with Crippen molar-refractivity contribution in [2.45, 2.75) is 13.2 Å². The van der Waals surface area contributed by atoms with Gasteiger partial charge in [0.25, 0.3) is 0 Å². The summed E-state index contributed by atoms with van der Waals surface area (Å²) in [4.78, 5) is 4.05. The van der Waals surface area contributed by atoms with Crippen LogP contribution in [0.5, 0.6) is 0 Å². The fourth-order valence-corrected chi connectivity index (χ4v) is 2.98. The molecule has 2 aromatic carbocycles. The molecular formula is C19H16N4O. The highest BCUT2D eigenvalue weighted by Crippen LogP contribution is 2.25. The van der Waals surface area contributed by atoms with Gasteiger partial charge in [-0.05, 0) is 28.5 Å². The lowest BCUT2D eigenvalue weighted by molar-refractivity contribution is 0.277. The first kappa shape index (κ1) is 14.5. The van der Waals surface area contributed by atoms with Gasteiger partial charge in [0.15, 0.2) is 0 Å². The van der Waals surface area contributed by atoms with Gasteiger partial charge in [-0.2, -0.15) is 0 Å². The van der Waals surface area contributed by atoms with E-state index in [1.54, 1.807) is 12.4 Å². The average molecular weight is 316 g/mol. The Morgan fingerprint density at radius 1 is 0.917 bits per heavy atom. The van der Waals surface area contributed by atoms with Crippen molar-refractivity contribution in [2.75, 3.05) is 0 Å². The minimum atomic E-state index is -0.146. The summed E-state index contributed by atoms with van der Waals surface area (Å²) in [6, 6.07) is 18.3. The highest BCUT2D eigenvalue weighted by Gasteiger charge is 2.15. The van der Waals surface area contributed by atoms with E-state index in [0.717, 1.165) is 16.8 Å². The predicted molar refractivity (Wildman–Crippen MR) is 92.2 cm³/mol. The highest BCUT2D eigenvalue weighted by molar-refractivity contribution is 5.85. The molecule has 0 saturated carbocycles. The molecule has 4 aromatic rings. The monoisotopic (exact) mass is 316 g/mol. The first-order chi connectivity index (χ1) is 11.9. The fourth-order valence-electron chi connectivity index (χ4n) is 2.98. The van der Waals surface area contributed by atoms with E-state index in [-0.39, 0.29) is 6.61 Å². The number of rotatable bonds is 4. The van der Waals surface area contributed by atoms with Crippen LogP contribution in [0.25, 0.3) is 22.0 Å². The van der Waals surface area contributed by atoms with Crippen molar-refractivity contribution in [2.24, 2.45) is 0 Å². The van der Waals surface area contributed by atoms with Crippen LogP contribution in [0.1, 0.15) is 11.3 Å². The number of hydrogen-bond donors (Lipinski definition) is 1. The van der Waals surface area contributed by atoms with Crippen LogP contribution < -0.4 is 0 Å². The van der Waals surface area contributed by atoms with Gasteiger partial charge in [-0.15, -0.1) is 5.10 Å². The first-order valence-corrected chi connectivity index (χ1v) is 7.77. The van der Waals surface area contributed by atoms with Crippen LogP contribution in [-0.2, 0) is 13.2 Å².